The summed E-state index contributed by atoms with van der Waals surface area (Å²) >= 11 is 0. The van der Waals surface area contributed by atoms with Gasteiger partial charge in [-0.1, -0.05) is 12.1 Å². The molecule has 5 heteroatoms. The monoisotopic (exact) mass is 438 g/mol. The molecule has 0 saturated heterocycles. The second-order valence-electron chi connectivity index (χ2n) is 5.49. The van der Waals surface area contributed by atoms with Crippen molar-refractivity contribution in [3.63, 3.8) is 0 Å². The zero-order chi connectivity index (χ0) is 16.4. The standard InChI is InChI=1S/C19H23N2O2.HI/c1-4-20-17-11-8-15(14-6-9-16(23-3)10-7-14)12-18(17)21(5-2)19(20)13-22;/h6-12,22H,4-5,13H2,1-3H3;1H/q+1;/p-1. The average molecular weight is 438 g/mol. The number of hydrogen-bond donors (Lipinski definition) is 1. The molecule has 0 atom stereocenters. The highest BCUT2D eigenvalue weighted by molar-refractivity contribution is 5.80. The van der Waals surface area contributed by atoms with Gasteiger partial charge >= 0.3 is 0 Å². The predicted octanol–water partition coefficient (Wildman–Crippen LogP) is 0.140. The topological polar surface area (TPSA) is 38.3 Å². The first-order valence-corrected chi connectivity index (χ1v) is 8.03. The first-order chi connectivity index (χ1) is 11.2. The zero-order valence-corrected chi connectivity index (χ0v) is 16.4. The van der Waals surface area contributed by atoms with Gasteiger partial charge in [-0.3, -0.25) is 0 Å². The first-order valence-electron chi connectivity index (χ1n) is 8.03. The summed E-state index contributed by atoms with van der Waals surface area (Å²) < 4.78 is 9.59. The molecule has 0 aliphatic carbocycles. The fourth-order valence-corrected chi connectivity index (χ4v) is 3.23. The van der Waals surface area contributed by atoms with Crippen molar-refractivity contribution in [1.82, 2.24) is 4.57 Å². The second kappa shape index (κ2) is 7.98. The number of methoxy groups -OCH3 is 1. The minimum atomic E-state index is 0. The normalized spacial score (nSPS) is 10.7. The molecule has 0 saturated carbocycles. The molecule has 0 aliphatic rings. The Morgan fingerprint density at radius 1 is 1.04 bits per heavy atom. The Morgan fingerprint density at radius 3 is 2.25 bits per heavy atom. The fourth-order valence-electron chi connectivity index (χ4n) is 3.23. The van der Waals surface area contributed by atoms with E-state index in [-0.39, 0.29) is 30.6 Å². The molecule has 0 aliphatic heterocycles. The number of hydrogen-bond acceptors (Lipinski definition) is 2. The van der Waals surface area contributed by atoms with Gasteiger partial charge in [-0.15, -0.1) is 0 Å². The number of ether oxygens (including phenoxy) is 1. The van der Waals surface area contributed by atoms with Gasteiger partial charge in [-0.05, 0) is 55.3 Å². The van der Waals surface area contributed by atoms with Gasteiger partial charge in [0.2, 0.25) is 0 Å². The van der Waals surface area contributed by atoms with Crippen LogP contribution in [0.3, 0.4) is 0 Å². The smallest absolute Gasteiger partial charge is 0.283 e. The first kappa shape index (κ1) is 18.7. The third kappa shape index (κ3) is 3.15. The van der Waals surface area contributed by atoms with Crippen molar-refractivity contribution in [3.05, 3.63) is 48.3 Å². The Labute approximate surface area is 159 Å². The molecule has 0 spiro atoms. The van der Waals surface area contributed by atoms with E-state index in [1.807, 2.05) is 12.1 Å². The number of aliphatic hydroxyl groups is 1. The van der Waals surface area contributed by atoms with E-state index in [9.17, 15) is 5.11 Å². The maximum Gasteiger partial charge on any atom is 0.283 e. The molecule has 1 heterocycles. The van der Waals surface area contributed by atoms with Crippen LogP contribution in [0.25, 0.3) is 22.2 Å². The summed E-state index contributed by atoms with van der Waals surface area (Å²) in [6.07, 6.45) is 0. The number of aliphatic hydroxyl groups excluding tert-OH is 1. The van der Waals surface area contributed by atoms with E-state index in [1.165, 1.54) is 5.56 Å². The number of nitrogens with zero attached hydrogens (tertiary/aromatic N) is 2. The van der Waals surface area contributed by atoms with Gasteiger partial charge in [0.25, 0.3) is 5.82 Å². The third-order valence-corrected chi connectivity index (χ3v) is 4.38. The van der Waals surface area contributed by atoms with Gasteiger partial charge in [0.1, 0.15) is 12.4 Å². The number of benzene rings is 2. The van der Waals surface area contributed by atoms with E-state index in [2.05, 4.69) is 53.3 Å². The lowest BCUT2D eigenvalue weighted by atomic mass is 10.0. The van der Waals surface area contributed by atoms with Crippen molar-refractivity contribution in [2.45, 2.75) is 33.5 Å². The quantitative estimate of drug-likeness (QED) is 0.455. The molecule has 0 unspecified atom stereocenters. The van der Waals surface area contributed by atoms with Gasteiger partial charge in [-0.25, -0.2) is 9.13 Å². The Kier molecular flexibility index (Phi) is 6.23. The molecule has 128 valence electrons. The molecule has 4 nitrogen and oxygen atoms in total. The van der Waals surface area contributed by atoms with E-state index in [4.69, 9.17) is 4.74 Å². The maximum atomic E-state index is 9.75. The summed E-state index contributed by atoms with van der Waals surface area (Å²) in [6.45, 7) is 5.95. The Morgan fingerprint density at radius 2 is 1.71 bits per heavy atom. The number of aryl methyl sites for hydroxylation is 2. The van der Waals surface area contributed by atoms with Crippen molar-refractivity contribution in [2.75, 3.05) is 7.11 Å². The molecule has 1 N–H and O–H groups in total. The summed E-state index contributed by atoms with van der Waals surface area (Å²) in [4.78, 5) is 0. The van der Waals surface area contributed by atoms with Crippen LogP contribution in [0.2, 0.25) is 0 Å². The number of fused-ring (bicyclic) bond motifs is 1. The number of halogens is 1. The van der Waals surface area contributed by atoms with E-state index in [0.29, 0.717) is 0 Å². The molecule has 0 fully saturated rings. The third-order valence-electron chi connectivity index (χ3n) is 4.38. The molecule has 0 bridgehead atoms. The lowest BCUT2D eigenvalue weighted by Crippen LogP contribution is -3.00. The van der Waals surface area contributed by atoms with Crippen LogP contribution in [0.5, 0.6) is 5.75 Å². The van der Waals surface area contributed by atoms with E-state index in [1.54, 1.807) is 7.11 Å². The summed E-state index contributed by atoms with van der Waals surface area (Å²) in [6, 6.07) is 14.6. The van der Waals surface area contributed by atoms with Crippen LogP contribution in [-0.4, -0.2) is 16.8 Å². The lowest BCUT2D eigenvalue weighted by Gasteiger charge is -2.04. The lowest BCUT2D eigenvalue weighted by molar-refractivity contribution is -0.678. The Bertz CT molecular complexity index is 825. The fraction of sp³-hybridized carbons (Fsp3) is 0.316. The van der Waals surface area contributed by atoms with Crippen molar-refractivity contribution >= 4 is 11.0 Å². The van der Waals surface area contributed by atoms with Crippen molar-refractivity contribution in [3.8, 4) is 16.9 Å². The van der Waals surface area contributed by atoms with Gasteiger partial charge in [0.05, 0.1) is 20.2 Å². The number of aromatic nitrogens is 2. The molecule has 24 heavy (non-hydrogen) atoms. The highest BCUT2D eigenvalue weighted by atomic mass is 127. The molecule has 0 amide bonds. The van der Waals surface area contributed by atoms with Crippen LogP contribution in [0, 0.1) is 0 Å². The van der Waals surface area contributed by atoms with Gasteiger partial charge < -0.3 is 33.8 Å². The Balaban J connectivity index is 0.00000208. The van der Waals surface area contributed by atoms with Crippen LogP contribution < -0.4 is 33.3 Å². The van der Waals surface area contributed by atoms with Crippen molar-refractivity contribution in [1.29, 1.82) is 0 Å². The summed E-state index contributed by atoms with van der Waals surface area (Å²) in [5.41, 5.74) is 4.65. The zero-order valence-electron chi connectivity index (χ0n) is 14.3. The highest BCUT2D eigenvalue weighted by Crippen LogP contribution is 2.26. The molecule has 3 rings (SSSR count). The van der Waals surface area contributed by atoms with Crippen LogP contribution >= 0.6 is 0 Å². The van der Waals surface area contributed by atoms with E-state index in [0.717, 1.165) is 41.3 Å². The predicted molar refractivity (Wildman–Crippen MR) is 91.4 cm³/mol. The highest BCUT2D eigenvalue weighted by Gasteiger charge is 2.22. The minimum absolute atomic E-state index is 0. The summed E-state index contributed by atoms with van der Waals surface area (Å²) in [5.74, 6) is 1.81. The van der Waals surface area contributed by atoms with Crippen LogP contribution in [0.15, 0.2) is 42.5 Å². The van der Waals surface area contributed by atoms with Gasteiger partial charge in [0, 0.05) is 0 Å². The van der Waals surface area contributed by atoms with Crippen LogP contribution in [0.4, 0.5) is 0 Å². The molecular formula is C19H23IN2O2. The largest absolute Gasteiger partial charge is 1.00 e. The van der Waals surface area contributed by atoms with Crippen molar-refractivity contribution in [2.24, 2.45) is 0 Å². The number of imidazole rings is 1. The summed E-state index contributed by atoms with van der Waals surface area (Å²) in [5, 5.41) is 9.75. The summed E-state index contributed by atoms with van der Waals surface area (Å²) in [7, 11) is 1.68. The molecule has 0 radical (unpaired) electrons. The van der Waals surface area contributed by atoms with Gasteiger partial charge in [0.15, 0.2) is 11.0 Å². The molecular weight excluding hydrogens is 415 g/mol. The SMILES string of the molecule is CCn1c(CO)[n+](CC)c2ccc(-c3ccc(OC)cc3)cc21.[I-]. The van der Waals surface area contributed by atoms with E-state index < -0.39 is 0 Å². The molecule has 2 aromatic carbocycles. The maximum absolute atomic E-state index is 9.75. The second-order valence-corrected chi connectivity index (χ2v) is 5.49. The van der Waals surface area contributed by atoms with Gasteiger partial charge in [-0.2, -0.15) is 0 Å². The van der Waals surface area contributed by atoms with E-state index >= 15 is 0 Å². The van der Waals surface area contributed by atoms with Crippen molar-refractivity contribution < 1.29 is 38.4 Å². The average Bonchev–Trinajstić information content (AvgIpc) is 2.93. The molecule has 1 aromatic heterocycles. The van der Waals surface area contributed by atoms with Crippen LogP contribution in [0.1, 0.15) is 19.7 Å². The minimum Gasteiger partial charge on any atom is -1.00 e. The van der Waals surface area contributed by atoms with Crippen LogP contribution in [-0.2, 0) is 19.7 Å². The Hall–Kier alpha value is -1.60. The number of rotatable bonds is 5. The molecule has 3 aromatic rings.